The van der Waals surface area contributed by atoms with Gasteiger partial charge in [0.2, 0.25) is 0 Å². The van der Waals surface area contributed by atoms with Gasteiger partial charge in [0.1, 0.15) is 5.82 Å². The van der Waals surface area contributed by atoms with Crippen LogP contribution in [-0.2, 0) is 0 Å². The van der Waals surface area contributed by atoms with Crippen molar-refractivity contribution in [3.05, 3.63) is 107 Å². The fourth-order valence-corrected chi connectivity index (χ4v) is 5.31. The van der Waals surface area contributed by atoms with E-state index in [4.69, 9.17) is 12.2 Å². The van der Waals surface area contributed by atoms with Gasteiger partial charge in [-0.25, -0.2) is 4.98 Å². The van der Waals surface area contributed by atoms with Gasteiger partial charge in [0.15, 0.2) is 5.11 Å². The molecule has 166 valence electrons. The second-order valence-corrected chi connectivity index (χ2v) is 9.08. The van der Waals surface area contributed by atoms with Crippen LogP contribution in [0, 0.1) is 27.7 Å². The summed E-state index contributed by atoms with van der Waals surface area (Å²) in [7, 11) is 0. The molecule has 0 amide bonds. The third kappa shape index (κ3) is 3.80. The summed E-state index contributed by atoms with van der Waals surface area (Å²) in [6, 6.07) is 20.8. The molecule has 5 rings (SSSR count). The highest BCUT2D eigenvalue weighted by Crippen LogP contribution is 2.44. The van der Waals surface area contributed by atoms with E-state index in [2.05, 4.69) is 82.8 Å². The normalized spacial score (nSPS) is 17.9. The average molecular weight is 454 g/mol. The number of aromatic nitrogens is 3. The lowest BCUT2D eigenvalue weighted by Gasteiger charge is -2.28. The van der Waals surface area contributed by atoms with Gasteiger partial charge in [-0.05, 0) is 99.1 Å². The molecule has 33 heavy (non-hydrogen) atoms. The number of aryl methyl sites for hydroxylation is 3. The van der Waals surface area contributed by atoms with Gasteiger partial charge >= 0.3 is 0 Å². The van der Waals surface area contributed by atoms with Crippen molar-refractivity contribution in [2.45, 2.75) is 39.8 Å². The first-order chi connectivity index (χ1) is 15.9. The van der Waals surface area contributed by atoms with Gasteiger partial charge in [0.05, 0.1) is 17.8 Å². The lowest BCUT2D eigenvalue weighted by molar-refractivity contribution is 0.565. The summed E-state index contributed by atoms with van der Waals surface area (Å²) in [5, 5.41) is 4.28. The molecule has 3 aromatic heterocycles. The summed E-state index contributed by atoms with van der Waals surface area (Å²) in [4.78, 5) is 11.5. The smallest absolute Gasteiger partial charge is 0.174 e. The van der Waals surface area contributed by atoms with E-state index in [0.29, 0.717) is 5.11 Å². The van der Waals surface area contributed by atoms with Crippen molar-refractivity contribution in [3.63, 3.8) is 0 Å². The Labute approximate surface area is 200 Å². The molecule has 1 fully saturated rings. The minimum Gasteiger partial charge on any atom is -0.351 e. The third-order valence-electron chi connectivity index (χ3n) is 6.25. The van der Waals surface area contributed by atoms with Crippen molar-refractivity contribution in [2.75, 3.05) is 4.90 Å². The average Bonchev–Trinajstić information content (AvgIpc) is 3.29. The van der Waals surface area contributed by atoms with Crippen LogP contribution in [0.1, 0.15) is 45.9 Å². The molecule has 0 saturated carbocycles. The van der Waals surface area contributed by atoms with Crippen molar-refractivity contribution in [2.24, 2.45) is 0 Å². The number of rotatable bonds is 4. The first-order valence-electron chi connectivity index (χ1n) is 11.1. The number of pyridine rings is 2. The van der Waals surface area contributed by atoms with Crippen LogP contribution in [0.4, 0.5) is 5.69 Å². The number of anilines is 1. The van der Waals surface area contributed by atoms with Crippen molar-refractivity contribution < 1.29 is 0 Å². The van der Waals surface area contributed by atoms with Crippen LogP contribution in [0.25, 0.3) is 5.82 Å². The number of nitrogens with one attached hydrogen (secondary N) is 1. The second kappa shape index (κ2) is 8.45. The van der Waals surface area contributed by atoms with Gasteiger partial charge in [-0.15, -0.1) is 0 Å². The number of hydrogen-bond acceptors (Lipinski definition) is 3. The highest BCUT2D eigenvalue weighted by Gasteiger charge is 2.42. The Balaban J connectivity index is 1.70. The lowest BCUT2D eigenvalue weighted by Crippen LogP contribution is -2.29. The molecule has 0 spiro atoms. The fourth-order valence-electron chi connectivity index (χ4n) is 4.96. The molecule has 1 saturated heterocycles. The highest BCUT2D eigenvalue weighted by molar-refractivity contribution is 7.80. The Bertz CT molecular complexity index is 1290. The number of benzene rings is 1. The maximum absolute atomic E-state index is 5.91. The minimum absolute atomic E-state index is 0.0442. The SMILES string of the molecule is Cc1cc(C)cc(N2C(=S)N[C@H](c3ccccn3)[C@@H]2c2cc(C)n(-c3ccccn3)c2C)c1. The van der Waals surface area contributed by atoms with Gasteiger partial charge in [-0.1, -0.05) is 18.2 Å². The first kappa shape index (κ1) is 21.3. The predicted molar refractivity (Wildman–Crippen MR) is 137 cm³/mol. The van der Waals surface area contributed by atoms with E-state index in [1.807, 2.05) is 42.7 Å². The molecule has 0 aliphatic carbocycles. The maximum Gasteiger partial charge on any atom is 0.174 e. The van der Waals surface area contributed by atoms with Crippen LogP contribution in [0.3, 0.4) is 0 Å². The summed E-state index contributed by atoms with van der Waals surface area (Å²) < 4.78 is 2.21. The predicted octanol–water partition coefficient (Wildman–Crippen LogP) is 5.68. The molecule has 1 aliphatic rings. The van der Waals surface area contributed by atoms with Crippen molar-refractivity contribution in [1.82, 2.24) is 19.9 Å². The van der Waals surface area contributed by atoms with Crippen molar-refractivity contribution in [3.8, 4) is 5.82 Å². The van der Waals surface area contributed by atoms with Crippen LogP contribution in [-0.4, -0.2) is 19.6 Å². The van der Waals surface area contributed by atoms with Crippen LogP contribution < -0.4 is 10.2 Å². The first-order valence-corrected chi connectivity index (χ1v) is 11.5. The Morgan fingerprint density at radius 1 is 0.848 bits per heavy atom. The summed E-state index contributed by atoms with van der Waals surface area (Å²) in [6.45, 7) is 8.54. The van der Waals surface area contributed by atoms with Gasteiger partial charge in [0, 0.05) is 29.5 Å². The molecular weight excluding hydrogens is 426 g/mol. The molecule has 4 aromatic rings. The van der Waals surface area contributed by atoms with E-state index >= 15 is 0 Å². The fraction of sp³-hybridized carbons (Fsp3) is 0.222. The molecule has 0 bridgehead atoms. The van der Waals surface area contributed by atoms with Crippen LogP contribution in [0.5, 0.6) is 0 Å². The standard InChI is InChI=1S/C27H27N5S/c1-17-13-18(2)15-21(14-17)32-26(25(30-27(32)33)23-9-5-7-11-28-23)22-16-19(3)31(20(22)4)24-10-6-8-12-29-24/h5-16,25-26H,1-4H3,(H,30,33)/t25-,26+/m1/s1. The molecular formula is C27H27N5S. The molecule has 1 aliphatic heterocycles. The molecule has 5 nitrogen and oxygen atoms in total. The number of hydrogen-bond donors (Lipinski definition) is 1. The molecule has 1 aromatic carbocycles. The highest BCUT2D eigenvalue weighted by atomic mass is 32.1. The topological polar surface area (TPSA) is 46.0 Å². The number of nitrogens with zero attached hydrogens (tertiary/aromatic N) is 4. The summed E-state index contributed by atoms with van der Waals surface area (Å²) in [5.41, 5.74) is 7.99. The second-order valence-electron chi connectivity index (χ2n) is 8.69. The largest absolute Gasteiger partial charge is 0.351 e. The van der Waals surface area contributed by atoms with E-state index in [1.165, 1.54) is 16.7 Å². The van der Waals surface area contributed by atoms with E-state index in [-0.39, 0.29) is 12.1 Å². The van der Waals surface area contributed by atoms with E-state index < -0.39 is 0 Å². The third-order valence-corrected chi connectivity index (χ3v) is 6.56. The molecule has 6 heteroatoms. The van der Waals surface area contributed by atoms with Gasteiger partial charge < -0.3 is 14.8 Å². The van der Waals surface area contributed by atoms with Crippen LogP contribution in [0.15, 0.2) is 73.1 Å². The Morgan fingerprint density at radius 2 is 1.55 bits per heavy atom. The van der Waals surface area contributed by atoms with E-state index in [1.54, 1.807) is 0 Å². The molecule has 4 heterocycles. The maximum atomic E-state index is 5.91. The molecule has 0 unspecified atom stereocenters. The monoisotopic (exact) mass is 453 g/mol. The molecule has 2 atom stereocenters. The Hall–Kier alpha value is -3.51. The van der Waals surface area contributed by atoms with Gasteiger partial charge in [-0.2, -0.15) is 0 Å². The number of thiocarbonyl (C=S) groups is 1. The zero-order valence-corrected chi connectivity index (χ0v) is 20.1. The minimum atomic E-state index is -0.0720. The van der Waals surface area contributed by atoms with Gasteiger partial charge in [0.25, 0.3) is 0 Å². The molecule has 0 radical (unpaired) electrons. The summed E-state index contributed by atoms with van der Waals surface area (Å²) in [5.74, 6) is 0.916. The zero-order chi connectivity index (χ0) is 23.1. The Kier molecular flexibility index (Phi) is 5.46. The summed E-state index contributed by atoms with van der Waals surface area (Å²) in [6.07, 6.45) is 3.67. The van der Waals surface area contributed by atoms with Crippen molar-refractivity contribution >= 4 is 23.0 Å². The van der Waals surface area contributed by atoms with Crippen LogP contribution in [0.2, 0.25) is 0 Å². The van der Waals surface area contributed by atoms with Crippen LogP contribution >= 0.6 is 12.2 Å². The van der Waals surface area contributed by atoms with Gasteiger partial charge in [-0.3, -0.25) is 4.98 Å². The van der Waals surface area contributed by atoms with E-state index in [9.17, 15) is 0 Å². The molecule has 1 N–H and O–H groups in total. The Morgan fingerprint density at radius 3 is 2.18 bits per heavy atom. The zero-order valence-electron chi connectivity index (χ0n) is 19.3. The van der Waals surface area contributed by atoms with E-state index in [0.717, 1.165) is 28.6 Å². The van der Waals surface area contributed by atoms with Crippen molar-refractivity contribution in [1.29, 1.82) is 0 Å². The lowest BCUT2D eigenvalue weighted by atomic mass is 9.96. The quantitative estimate of drug-likeness (QED) is 0.403. The summed E-state index contributed by atoms with van der Waals surface area (Å²) >= 11 is 5.91.